The Morgan fingerprint density at radius 1 is 0.879 bits per heavy atom. The van der Waals surface area contributed by atoms with Crippen LogP contribution >= 0.6 is 0 Å². The van der Waals surface area contributed by atoms with Crippen molar-refractivity contribution in [2.24, 2.45) is 11.8 Å². The Labute approximate surface area is 194 Å². The van der Waals surface area contributed by atoms with Gasteiger partial charge in [0.25, 0.3) is 0 Å². The third-order valence-corrected chi connectivity index (χ3v) is 7.78. The molecular weight excluding hydrogens is 438 g/mol. The molecule has 3 aromatic carbocycles. The second kappa shape index (κ2) is 9.45. The Morgan fingerprint density at radius 2 is 1.58 bits per heavy atom. The summed E-state index contributed by atoms with van der Waals surface area (Å²) in [4.78, 5) is 25.2. The van der Waals surface area contributed by atoms with Crippen LogP contribution in [0.25, 0.3) is 10.8 Å². The highest BCUT2D eigenvalue weighted by atomic mass is 32.2. The Bertz CT molecular complexity index is 1290. The van der Waals surface area contributed by atoms with Crippen LogP contribution in [0, 0.1) is 11.8 Å². The summed E-state index contributed by atoms with van der Waals surface area (Å²) in [5.41, 5.74) is 0.548. The van der Waals surface area contributed by atoms with Crippen molar-refractivity contribution in [2.75, 3.05) is 19.7 Å². The molecule has 1 saturated heterocycles. The third-order valence-electron chi connectivity index (χ3n) is 5.95. The monoisotopic (exact) mass is 465 g/mol. The zero-order chi connectivity index (χ0) is 23.6. The summed E-state index contributed by atoms with van der Waals surface area (Å²) in [5.74, 6) is -0.508. The maximum absolute atomic E-state index is 13.1. The van der Waals surface area contributed by atoms with E-state index in [0.29, 0.717) is 18.7 Å². The number of Topliss-reactive ketones (excluding diaryl/α,β-unsaturated/α-hetero) is 1. The van der Waals surface area contributed by atoms with Crippen LogP contribution in [0.1, 0.15) is 41.0 Å². The fourth-order valence-corrected chi connectivity index (χ4v) is 6.12. The Kier molecular flexibility index (Phi) is 6.63. The lowest BCUT2D eigenvalue weighted by molar-refractivity contribution is 0.0474. The van der Waals surface area contributed by atoms with Crippen LogP contribution in [-0.2, 0) is 14.8 Å². The molecule has 0 radical (unpaired) electrons. The minimum absolute atomic E-state index is 0.0547. The van der Waals surface area contributed by atoms with Crippen LogP contribution in [0.4, 0.5) is 0 Å². The summed E-state index contributed by atoms with van der Waals surface area (Å²) in [5, 5.41) is 1.94. The lowest BCUT2D eigenvalue weighted by Gasteiger charge is -2.34. The smallest absolute Gasteiger partial charge is 0.338 e. The average Bonchev–Trinajstić information content (AvgIpc) is 2.81. The van der Waals surface area contributed by atoms with E-state index in [1.165, 1.54) is 28.6 Å². The van der Waals surface area contributed by atoms with Crippen LogP contribution in [0.15, 0.2) is 71.6 Å². The molecule has 0 amide bonds. The van der Waals surface area contributed by atoms with Gasteiger partial charge in [-0.25, -0.2) is 13.2 Å². The normalized spacial score (nSPS) is 19.3. The van der Waals surface area contributed by atoms with Crippen molar-refractivity contribution in [3.8, 4) is 0 Å². The first-order valence-corrected chi connectivity index (χ1v) is 12.5. The van der Waals surface area contributed by atoms with Gasteiger partial charge >= 0.3 is 5.97 Å². The molecule has 6 nitrogen and oxygen atoms in total. The molecule has 2 unspecified atom stereocenters. The van der Waals surface area contributed by atoms with E-state index in [2.05, 4.69) is 0 Å². The van der Waals surface area contributed by atoms with Crippen LogP contribution in [0.2, 0.25) is 0 Å². The summed E-state index contributed by atoms with van der Waals surface area (Å²) in [6.07, 6.45) is 0.990. The Morgan fingerprint density at radius 3 is 2.30 bits per heavy atom. The zero-order valence-electron chi connectivity index (χ0n) is 18.7. The molecular formula is C26H27NO5S. The molecule has 0 aromatic heterocycles. The van der Waals surface area contributed by atoms with Gasteiger partial charge in [-0.1, -0.05) is 56.3 Å². The molecule has 1 fully saturated rings. The number of ether oxygens (including phenoxy) is 1. The lowest BCUT2D eigenvalue weighted by Crippen LogP contribution is -2.42. The topological polar surface area (TPSA) is 80.8 Å². The van der Waals surface area contributed by atoms with Crippen LogP contribution in [-0.4, -0.2) is 44.2 Å². The van der Waals surface area contributed by atoms with Crippen molar-refractivity contribution in [1.82, 2.24) is 4.31 Å². The van der Waals surface area contributed by atoms with Gasteiger partial charge in [0.1, 0.15) is 0 Å². The summed E-state index contributed by atoms with van der Waals surface area (Å²) in [6.45, 7) is 4.58. The molecule has 1 aliphatic rings. The molecule has 0 bridgehead atoms. The summed E-state index contributed by atoms with van der Waals surface area (Å²) in [7, 11) is -3.72. The number of carbonyl (C=O) groups excluding carboxylic acids is 2. The van der Waals surface area contributed by atoms with Gasteiger partial charge in [-0.15, -0.1) is 0 Å². The molecule has 3 aromatic rings. The van der Waals surface area contributed by atoms with Crippen molar-refractivity contribution in [3.63, 3.8) is 0 Å². The number of carbonyl (C=O) groups is 2. The van der Waals surface area contributed by atoms with Crippen molar-refractivity contribution >= 4 is 32.5 Å². The molecule has 33 heavy (non-hydrogen) atoms. The molecule has 0 aliphatic carbocycles. The second-order valence-electron chi connectivity index (χ2n) is 8.86. The third kappa shape index (κ3) is 5.15. The van der Waals surface area contributed by atoms with E-state index in [0.717, 1.165) is 17.2 Å². The van der Waals surface area contributed by atoms with Crippen LogP contribution in [0.5, 0.6) is 0 Å². The number of hydrogen-bond donors (Lipinski definition) is 0. The second-order valence-corrected chi connectivity index (χ2v) is 10.8. The van der Waals surface area contributed by atoms with E-state index in [1.807, 2.05) is 44.2 Å². The first-order chi connectivity index (χ1) is 15.7. The summed E-state index contributed by atoms with van der Waals surface area (Å²) >= 11 is 0. The minimum Gasteiger partial charge on any atom is -0.454 e. The molecule has 0 N–H and O–H groups in total. The highest BCUT2D eigenvalue weighted by molar-refractivity contribution is 7.89. The van der Waals surface area contributed by atoms with E-state index in [-0.39, 0.29) is 28.1 Å². The number of piperidine rings is 1. The Hall–Kier alpha value is -3.03. The molecule has 7 heteroatoms. The van der Waals surface area contributed by atoms with Gasteiger partial charge < -0.3 is 4.74 Å². The van der Waals surface area contributed by atoms with Crippen molar-refractivity contribution in [3.05, 3.63) is 77.9 Å². The van der Waals surface area contributed by atoms with Gasteiger partial charge in [-0.05, 0) is 53.3 Å². The van der Waals surface area contributed by atoms with E-state index >= 15 is 0 Å². The van der Waals surface area contributed by atoms with E-state index in [4.69, 9.17) is 4.74 Å². The van der Waals surface area contributed by atoms with Gasteiger partial charge in [0.05, 0.1) is 10.5 Å². The summed E-state index contributed by atoms with van der Waals surface area (Å²) in [6, 6.07) is 18.8. The number of sulfonamides is 1. The fraction of sp³-hybridized carbons (Fsp3) is 0.308. The quantitative estimate of drug-likeness (QED) is 0.394. The predicted molar refractivity (Wildman–Crippen MR) is 127 cm³/mol. The van der Waals surface area contributed by atoms with Gasteiger partial charge in [0, 0.05) is 18.7 Å². The maximum atomic E-state index is 13.1. The predicted octanol–water partition coefficient (Wildman–Crippen LogP) is 4.55. The highest BCUT2D eigenvalue weighted by Gasteiger charge is 2.32. The largest absolute Gasteiger partial charge is 0.454 e. The highest BCUT2D eigenvalue weighted by Crippen LogP contribution is 2.27. The van der Waals surface area contributed by atoms with Crippen LogP contribution < -0.4 is 0 Å². The molecule has 2 atom stereocenters. The number of benzene rings is 3. The van der Waals surface area contributed by atoms with Gasteiger partial charge in [0.2, 0.25) is 10.0 Å². The fourth-order valence-electron chi connectivity index (χ4n) is 4.40. The maximum Gasteiger partial charge on any atom is 0.338 e. The first-order valence-electron chi connectivity index (χ1n) is 11.0. The average molecular weight is 466 g/mol. The van der Waals surface area contributed by atoms with Gasteiger partial charge in [-0.3, -0.25) is 4.79 Å². The number of hydrogen-bond acceptors (Lipinski definition) is 5. The number of ketones is 1. The van der Waals surface area contributed by atoms with Crippen molar-refractivity contribution < 1.29 is 22.7 Å². The Balaban J connectivity index is 1.45. The molecule has 0 saturated carbocycles. The SMILES string of the molecule is CC1CC(C)CN(S(=O)(=O)c2cccc(C(=O)OCC(=O)c3ccc4ccccc4c3)c2)C1. The van der Waals surface area contributed by atoms with Crippen molar-refractivity contribution in [1.29, 1.82) is 0 Å². The first kappa shape index (κ1) is 23.1. The van der Waals surface area contributed by atoms with Crippen molar-refractivity contribution in [2.45, 2.75) is 25.2 Å². The van der Waals surface area contributed by atoms with E-state index < -0.39 is 22.6 Å². The van der Waals surface area contributed by atoms with E-state index in [9.17, 15) is 18.0 Å². The number of nitrogens with zero attached hydrogens (tertiary/aromatic N) is 1. The number of fused-ring (bicyclic) bond motifs is 1. The van der Waals surface area contributed by atoms with Gasteiger partial charge in [0.15, 0.2) is 12.4 Å². The number of rotatable bonds is 6. The number of esters is 1. The lowest BCUT2D eigenvalue weighted by atomic mass is 9.94. The summed E-state index contributed by atoms with van der Waals surface area (Å²) < 4.78 is 33.0. The standard InChI is InChI=1S/C26H27NO5S/c1-18-12-19(2)16-27(15-18)33(30,31)24-9-5-8-23(14-24)26(29)32-17-25(28)22-11-10-20-6-3-4-7-21(20)13-22/h3-11,13-14,18-19H,12,15-17H2,1-2H3. The molecule has 1 aliphatic heterocycles. The zero-order valence-corrected chi connectivity index (χ0v) is 19.5. The van der Waals surface area contributed by atoms with Gasteiger partial charge in [-0.2, -0.15) is 4.31 Å². The van der Waals surface area contributed by atoms with E-state index in [1.54, 1.807) is 12.1 Å². The van der Waals surface area contributed by atoms with Crippen LogP contribution in [0.3, 0.4) is 0 Å². The molecule has 1 heterocycles. The molecule has 172 valence electrons. The molecule has 0 spiro atoms. The molecule has 4 rings (SSSR count). The minimum atomic E-state index is -3.72.